The van der Waals surface area contributed by atoms with Gasteiger partial charge in [-0.15, -0.1) is 0 Å². The second kappa shape index (κ2) is 8.47. The average molecular weight is 348 g/mol. The van der Waals surface area contributed by atoms with E-state index in [4.69, 9.17) is 9.47 Å². The van der Waals surface area contributed by atoms with E-state index >= 15 is 0 Å². The lowest BCUT2D eigenvalue weighted by molar-refractivity contribution is -0.144. The number of nitrogens with zero attached hydrogens (tertiary/aromatic N) is 3. The first-order valence-electron chi connectivity index (χ1n) is 9.22. The molecular weight excluding hydrogens is 320 g/mol. The molecule has 2 fully saturated rings. The van der Waals surface area contributed by atoms with E-state index in [1.165, 1.54) is 6.33 Å². The normalized spacial score (nSPS) is 20.0. The summed E-state index contributed by atoms with van der Waals surface area (Å²) in [5.74, 6) is 2.44. The van der Waals surface area contributed by atoms with Gasteiger partial charge >= 0.3 is 0 Å². The minimum atomic E-state index is -0.0399. The maximum Gasteiger partial charge on any atom is 0.227 e. The Morgan fingerprint density at radius 3 is 2.84 bits per heavy atom. The summed E-state index contributed by atoms with van der Waals surface area (Å²) in [7, 11) is 0. The molecule has 138 valence electrons. The number of hydrogen-bond donors (Lipinski definition) is 1. The molecule has 0 aromatic carbocycles. The monoisotopic (exact) mass is 348 g/mol. The van der Waals surface area contributed by atoms with Crippen LogP contribution >= 0.6 is 0 Å². The Balaban J connectivity index is 1.64. The topological polar surface area (TPSA) is 76.6 Å². The van der Waals surface area contributed by atoms with Gasteiger partial charge in [0.2, 0.25) is 11.8 Å². The number of amides is 1. The van der Waals surface area contributed by atoms with Crippen molar-refractivity contribution in [2.75, 3.05) is 44.8 Å². The molecule has 1 atom stereocenters. The first-order chi connectivity index (χ1) is 12.2. The number of anilines is 1. The van der Waals surface area contributed by atoms with Crippen molar-refractivity contribution < 1.29 is 14.3 Å². The van der Waals surface area contributed by atoms with Crippen LogP contribution in [0, 0.1) is 17.8 Å². The third-order valence-corrected chi connectivity index (χ3v) is 4.97. The van der Waals surface area contributed by atoms with Gasteiger partial charge < -0.3 is 19.7 Å². The average Bonchev–Trinajstić information content (AvgIpc) is 2.60. The molecule has 0 aliphatic carbocycles. The standard InChI is InChI=1S/C18H28N4O3/c1-3-25-17-8-16(20-12-21-17)19-9-15(14-4-6-24-7-5-14)18(23)22-10-13(2)11-22/h8,12-15H,3-7,9-11H2,1-2H3,(H,19,20,21). The van der Waals surface area contributed by atoms with Crippen molar-refractivity contribution in [2.24, 2.45) is 17.8 Å². The Hall–Kier alpha value is -1.89. The van der Waals surface area contributed by atoms with Gasteiger partial charge in [0.1, 0.15) is 12.1 Å². The molecule has 3 rings (SSSR count). The van der Waals surface area contributed by atoms with Crippen LogP contribution in [0.15, 0.2) is 12.4 Å². The summed E-state index contributed by atoms with van der Waals surface area (Å²) in [6, 6.07) is 1.78. The number of aromatic nitrogens is 2. The van der Waals surface area contributed by atoms with Crippen molar-refractivity contribution in [1.82, 2.24) is 14.9 Å². The van der Waals surface area contributed by atoms with E-state index in [-0.39, 0.29) is 11.8 Å². The lowest BCUT2D eigenvalue weighted by atomic mass is 9.83. The third kappa shape index (κ3) is 4.60. The lowest BCUT2D eigenvalue weighted by Gasteiger charge is -2.41. The van der Waals surface area contributed by atoms with Crippen LogP contribution < -0.4 is 10.1 Å². The molecule has 2 aliphatic heterocycles. The van der Waals surface area contributed by atoms with Gasteiger partial charge in [-0.25, -0.2) is 9.97 Å². The van der Waals surface area contributed by atoms with Crippen LogP contribution in [0.2, 0.25) is 0 Å². The maximum atomic E-state index is 12.9. The second-order valence-corrected chi connectivity index (χ2v) is 6.96. The molecule has 3 heterocycles. The number of ether oxygens (including phenoxy) is 2. The van der Waals surface area contributed by atoms with Gasteiger partial charge in [0.25, 0.3) is 0 Å². The molecule has 0 bridgehead atoms. The molecule has 2 saturated heterocycles. The van der Waals surface area contributed by atoms with Crippen LogP contribution in [-0.2, 0) is 9.53 Å². The van der Waals surface area contributed by atoms with Crippen LogP contribution in [0.4, 0.5) is 5.82 Å². The quantitative estimate of drug-likeness (QED) is 0.810. The smallest absolute Gasteiger partial charge is 0.227 e. The molecule has 7 heteroatoms. The molecule has 1 amide bonds. The Morgan fingerprint density at radius 1 is 1.40 bits per heavy atom. The summed E-state index contributed by atoms with van der Waals surface area (Å²) >= 11 is 0. The summed E-state index contributed by atoms with van der Waals surface area (Å²) in [5, 5.41) is 3.32. The number of rotatable bonds is 7. The molecule has 1 unspecified atom stereocenters. The minimum absolute atomic E-state index is 0.0399. The van der Waals surface area contributed by atoms with E-state index in [2.05, 4.69) is 22.2 Å². The zero-order valence-electron chi connectivity index (χ0n) is 15.1. The second-order valence-electron chi connectivity index (χ2n) is 6.96. The van der Waals surface area contributed by atoms with Crippen LogP contribution in [0.3, 0.4) is 0 Å². The fourth-order valence-electron chi connectivity index (χ4n) is 3.56. The summed E-state index contributed by atoms with van der Waals surface area (Å²) < 4.78 is 10.9. The number of carbonyl (C=O) groups is 1. The van der Waals surface area contributed by atoms with E-state index in [0.717, 1.165) is 39.1 Å². The number of nitrogens with one attached hydrogen (secondary N) is 1. The van der Waals surface area contributed by atoms with E-state index in [1.54, 1.807) is 6.07 Å². The molecular formula is C18H28N4O3. The fourth-order valence-corrected chi connectivity index (χ4v) is 3.56. The SMILES string of the molecule is CCOc1cc(NCC(C(=O)N2CC(C)C2)C2CCOCC2)ncn1. The highest BCUT2D eigenvalue weighted by atomic mass is 16.5. The number of likely N-dealkylation sites (tertiary alicyclic amines) is 1. The van der Waals surface area contributed by atoms with Gasteiger partial charge in [0.05, 0.1) is 12.5 Å². The number of hydrogen-bond acceptors (Lipinski definition) is 6. The summed E-state index contributed by atoms with van der Waals surface area (Å²) in [6.45, 7) is 8.48. The summed E-state index contributed by atoms with van der Waals surface area (Å²) in [4.78, 5) is 23.2. The molecule has 7 nitrogen and oxygen atoms in total. The Bertz CT molecular complexity index is 571. The Morgan fingerprint density at radius 2 is 2.16 bits per heavy atom. The van der Waals surface area contributed by atoms with Gasteiger partial charge in [-0.05, 0) is 31.6 Å². The molecule has 0 radical (unpaired) electrons. The predicted octanol–water partition coefficient (Wildman–Crippen LogP) is 1.81. The van der Waals surface area contributed by atoms with Gasteiger partial charge in [-0.2, -0.15) is 0 Å². The molecule has 0 saturated carbocycles. The van der Waals surface area contributed by atoms with Crippen molar-refractivity contribution in [3.63, 3.8) is 0 Å². The van der Waals surface area contributed by atoms with E-state index in [9.17, 15) is 4.79 Å². The molecule has 2 aliphatic rings. The van der Waals surface area contributed by atoms with E-state index in [0.29, 0.717) is 36.7 Å². The highest BCUT2D eigenvalue weighted by Crippen LogP contribution is 2.28. The zero-order valence-corrected chi connectivity index (χ0v) is 15.1. The first-order valence-corrected chi connectivity index (χ1v) is 9.22. The molecule has 0 spiro atoms. The summed E-state index contributed by atoms with van der Waals surface area (Å²) in [6.07, 6.45) is 3.36. The molecule has 1 N–H and O–H groups in total. The van der Waals surface area contributed by atoms with Crippen molar-refractivity contribution in [1.29, 1.82) is 0 Å². The molecule has 25 heavy (non-hydrogen) atoms. The highest BCUT2D eigenvalue weighted by molar-refractivity contribution is 5.80. The lowest BCUT2D eigenvalue weighted by Crippen LogP contribution is -2.53. The predicted molar refractivity (Wildman–Crippen MR) is 94.5 cm³/mol. The van der Waals surface area contributed by atoms with Crippen molar-refractivity contribution in [2.45, 2.75) is 26.7 Å². The van der Waals surface area contributed by atoms with Crippen molar-refractivity contribution in [3.8, 4) is 5.88 Å². The van der Waals surface area contributed by atoms with Crippen LogP contribution in [0.5, 0.6) is 5.88 Å². The van der Waals surface area contributed by atoms with E-state index in [1.807, 2.05) is 11.8 Å². The van der Waals surface area contributed by atoms with Gasteiger partial charge in [-0.1, -0.05) is 6.92 Å². The largest absolute Gasteiger partial charge is 0.478 e. The van der Waals surface area contributed by atoms with Crippen LogP contribution in [0.1, 0.15) is 26.7 Å². The third-order valence-electron chi connectivity index (χ3n) is 4.97. The zero-order chi connectivity index (χ0) is 17.6. The van der Waals surface area contributed by atoms with Crippen LogP contribution in [-0.4, -0.2) is 60.2 Å². The Labute approximate surface area is 149 Å². The van der Waals surface area contributed by atoms with Gasteiger partial charge in [0.15, 0.2) is 0 Å². The van der Waals surface area contributed by atoms with Crippen molar-refractivity contribution in [3.05, 3.63) is 12.4 Å². The first kappa shape index (κ1) is 17.9. The highest BCUT2D eigenvalue weighted by Gasteiger charge is 2.36. The van der Waals surface area contributed by atoms with Crippen molar-refractivity contribution >= 4 is 11.7 Å². The van der Waals surface area contributed by atoms with Crippen LogP contribution in [0.25, 0.3) is 0 Å². The fraction of sp³-hybridized carbons (Fsp3) is 0.722. The maximum absolute atomic E-state index is 12.9. The van der Waals surface area contributed by atoms with Gasteiger partial charge in [0, 0.05) is 38.9 Å². The Kier molecular flexibility index (Phi) is 6.07. The minimum Gasteiger partial charge on any atom is -0.478 e. The summed E-state index contributed by atoms with van der Waals surface area (Å²) in [5.41, 5.74) is 0. The van der Waals surface area contributed by atoms with Gasteiger partial charge in [-0.3, -0.25) is 4.79 Å². The molecule has 1 aromatic heterocycles. The number of carbonyl (C=O) groups excluding carboxylic acids is 1. The molecule has 1 aromatic rings. The van der Waals surface area contributed by atoms with E-state index < -0.39 is 0 Å².